The molecule has 0 saturated heterocycles. The van der Waals surface area contributed by atoms with Crippen molar-refractivity contribution in [2.75, 3.05) is 0 Å². The smallest absolute Gasteiger partial charge is 1.00 e. The third-order valence-corrected chi connectivity index (χ3v) is 1.37. The fraction of sp³-hybridized carbons (Fsp3) is 0.222. The first-order chi connectivity index (χ1) is 4.33. The Kier molecular flexibility index (Phi) is 8.83. The summed E-state index contributed by atoms with van der Waals surface area (Å²) in [5.74, 6) is 0. The van der Waals surface area contributed by atoms with Gasteiger partial charge in [-0.15, -0.1) is 0 Å². The molecule has 2 heteroatoms. The van der Waals surface area contributed by atoms with E-state index in [9.17, 15) is 0 Å². The van der Waals surface area contributed by atoms with Gasteiger partial charge in [-0.1, -0.05) is 35.4 Å². The van der Waals surface area contributed by atoms with Gasteiger partial charge in [-0.2, -0.15) is 6.42 Å². The number of hydrogen-bond donors (Lipinski definition) is 0. The minimum Gasteiger partial charge on any atom is -1.00 e. The molecule has 56 valence electrons. The minimum atomic E-state index is 0. The molecule has 0 aliphatic carbocycles. The Morgan fingerprint density at radius 3 is 2.36 bits per heavy atom. The molecule has 0 fully saturated rings. The van der Waals surface area contributed by atoms with Crippen LogP contribution >= 0.6 is 0 Å². The van der Waals surface area contributed by atoms with Crippen molar-refractivity contribution in [1.29, 1.82) is 0 Å². The molecule has 0 atom stereocenters. The summed E-state index contributed by atoms with van der Waals surface area (Å²) < 4.78 is 0. The zero-order valence-electron chi connectivity index (χ0n) is 6.81. The Hall–Kier alpha value is 0.323. The van der Waals surface area contributed by atoms with Crippen LogP contribution in [-0.4, -0.2) is 0 Å². The van der Waals surface area contributed by atoms with E-state index in [0.717, 1.165) is 6.42 Å². The quantitative estimate of drug-likeness (QED) is 0.468. The Labute approximate surface area is 91.9 Å². The largest absolute Gasteiger partial charge is 2.00 e. The van der Waals surface area contributed by atoms with Gasteiger partial charge in [0.25, 0.3) is 0 Å². The topological polar surface area (TPSA) is 0 Å². The van der Waals surface area contributed by atoms with Crippen molar-refractivity contribution >= 4 is 0 Å². The van der Waals surface area contributed by atoms with Gasteiger partial charge in [0.15, 0.2) is 0 Å². The summed E-state index contributed by atoms with van der Waals surface area (Å²) in [6.07, 6.45) is 0.891. The average Bonchev–Trinajstić information content (AvgIpc) is 1.88. The van der Waals surface area contributed by atoms with Crippen LogP contribution in [0.3, 0.4) is 0 Å². The molecule has 0 nitrogen and oxygen atoms in total. The van der Waals surface area contributed by atoms with Crippen LogP contribution in [0.4, 0.5) is 0 Å². The third-order valence-electron chi connectivity index (χ3n) is 1.37. The van der Waals surface area contributed by atoms with E-state index in [2.05, 4.69) is 38.1 Å². The second-order valence-electron chi connectivity index (χ2n) is 2.24. The van der Waals surface area contributed by atoms with Crippen LogP contribution < -0.4 is 17.0 Å². The summed E-state index contributed by atoms with van der Waals surface area (Å²) in [4.78, 5) is 0. The normalized spacial score (nSPS) is 7.82. The Morgan fingerprint density at radius 2 is 2.00 bits per heavy atom. The van der Waals surface area contributed by atoms with Gasteiger partial charge >= 0.3 is 19.5 Å². The molecule has 0 N–H and O–H groups in total. The maximum atomic E-state index is 3.80. The molecule has 0 aliphatic rings. The Morgan fingerprint density at radius 1 is 1.36 bits per heavy atom. The van der Waals surface area contributed by atoms with Crippen molar-refractivity contribution in [3.8, 4) is 0 Å². The number of hydrogen-bond acceptors (Lipinski definition) is 0. The monoisotopic (exact) mass is 262 g/mol. The number of aryl methyl sites for hydroxylation is 1. The van der Waals surface area contributed by atoms with Crippen molar-refractivity contribution in [2.24, 2.45) is 0 Å². The van der Waals surface area contributed by atoms with E-state index in [0.29, 0.717) is 0 Å². The van der Waals surface area contributed by atoms with Crippen LogP contribution in [0.1, 0.15) is 11.1 Å². The molecular weight excluding hydrogens is 253 g/mol. The molecule has 0 amide bonds. The predicted octanol–water partition coefficient (Wildman–Crippen LogP) is -0.627. The van der Waals surface area contributed by atoms with Gasteiger partial charge in [0.05, 0.1) is 0 Å². The molecule has 1 aromatic carbocycles. The number of benzene rings is 1. The van der Waals surface area contributed by atoms with E-state index in [1.807, 2.05) is 0 Å². The zero-order chi connectivity index (χ0) is 6.69. The average molecular weight is 264 g/mol. The second-order valence-corrected chi connectivity index (χ2v) is 2.24. The molecule has 0 spiro atoms. The minimum absolute atomic E-state index is 0. The first kappa shape index (κ1) is 13.9. The molecule has 1 rings (SSSR count). The summed E-state index contributed by atoms with van der Waals surface area (Å²) in [5, 5.41) is 0. The van der Waals surface area contributed by atoms with Crippen LogP contribution in [-0.2, 0) is 25.9 Å². The molecule has 0 saturated carbocycles. The Bertz CT molecular complexity index is 199. The van der Waals surface area contributed by atoms with E-state index in [-0.39, 0.29) is 36.5 Å². The fourth-order valence-corrected chi connectivity index (χ4v) is 0.868. The van der Waals surface area contributed by atoms with Gasteiger partial charge in [0, 0.05) is 0 Å². The van der Waals surface area contributed by atoms with Crippen LogP contribution in [0.5, 0.6) is 0 Å². The summed E-state index contributed by atoms with van der Waals surface area (Å²) in [6, 6.07) is 8.42. The van der Waals surface area contributed by atoms with Gasteiger partial charge in [0.1, 0.15) is 0 Å². The molecular formula is C9H11BrZn. The van der Waals surface area contributed by atoms with Gasteiger partial charge in [-0.25, -0.2) is 0 Å². The maximum absolute atomic E-state index is 3.80. The van der Waals surface area contributed by atoms with Gasteiger partial charge in [-0.05, 0) is 6.92 Å². The molecule has 0 unspecified atom stereocenters. The van der Waals surface area contributed by atoms with Crippen molar-refractivity contribution in [3.05, 3.63) is 42.3 Å². The van der Waals surface area contributed by atoms with E-state index < -0.39 is 0 Å². The van der Waals surface area contributed by atoms with E-state index in [4.69, 9.17) is 0 Å². The maximum Gasteiger partial charge on any atom is 2.00 e. The molecule has 1 aromatic rings. The van der Waals surface area contributed by atoms with Crippen LogP contribution in [0, 0.1) is 13.8 Å². The van der Waals surface area contributed by atoms with Crippen LogP contribution in [0.15, 0.2) is 24.3 Å². The second kappa shape index (κ2) is 7.00. The van der Waals surface area contributed by atoms with Gasteiger partial charge in [0.2, 0.25) is 0 Å². The predicted molar refractivity (Wildman–Crippen MR) is 40.2 cm³/mol. The number of rotatable bonds is 1. The fourth-order valence-electron chi connectivity index (χ4n) is 0.868. The molecule has 0 radical (unpaired) electrons. The summed E-state index contributed by atoms with van der Waals surface area (Å²) in [6.45, 7) is 5.89. The van der Waals surface area contributed by atoms with E-state index in [1.54, 1.807) is 0 Å². The van der Waals surface area contributed by atoms with Gasteiger partial charge in [-0.3, -0.25) is 0 Å². The molecule has 0 aromatic heterocycles. The summed E-state index contributed by atoms with van der Waals surface area (Å²) in [5.41, 5.74) is 2.63. The van der Waals surface area contributed by atoms with Crippen molar-refractivity contribution in [2.45, 2.75) is 13.3 Å². The summed E-state index contributed by atoms with van der Waals surface area (Å²) in [7, 11) is 0. The number of halogens is 1. The van der Waals surface area contributed by atoms with Crippen LogP contribution in [0.25, 0.3) is 0 Å². The molecule has 0 aliphatic heterocycles. The summed E-state index contributed by atoms with van der Waals surface area (Å²) >= 11 is 0. The van der Waals surface area contributed by atoms with E-state index in [1.165, 1.54) is 11.1 Å². The van der Waals surface area contributed by atoms with Crippen LogP contribution in [0.2, 0.25) is 0 Å². The first-order valence-corrected chi connectivity index (χ1v) is 3.17. The van der Waals surface area contributed by atoms with Gasteiger partial charge < -0.3 is 23.9 Å². The van der Waals surface area contributed by atoms with Crippen molar-refractivity contribution in [1.82, 2.24) is 0 Å². The standard InChI is InChI=1S/C9H11.BrH.Zn/c1-3-9-6-4-5-8(2)7-9;;/h4-7H,1,3H2,2H3;1H;/q-1;;+2/p-1. The zero-order valence-corrected chi connectivity index (χ0v) is 11.4. The first-order valence-electron chi connectivity index (χ1n) is 3.17. The van der Waals surface area contributed by atoms with Crippen molar-refractivity contribution in [3.63, 3.8) is 0 Å². The van der Waals surface area contributed by atoms with Crippen molar-refractivity contribution < 1.29 is 36.5 Å². The molecule has 0 heterocycles. The van der Waals surface area contributed by atoms with E-state index >= 15 is 0 Å². The molecule has 0 bridgehead atoms. The Balaban J connectivity index is 0. The third kappa shape index (κ3) is 4.71. The molecule has 11 heavy (non-hydrogen) atoms. The SMILES string of the molecule is [Br-].[CH2-]Cc1cccc(C)c1.[Zn+2].